The molecule has 0 radical (unpaired) electrons. The van der Waals surface area contributed by atoms with Gasteiger partial charge >= 0.3 is 17.9 Å². The SMILES string of the molecule is CC/C=C\C/C=C\C/C=C\C/C=C\C/C=C\C/C=C\CCCCCCCCC(=O)OCC(COC(=O)CCCCCCCCCCCCCCCCCCCCC)OC(=O)CCCC/C=C\C/C=C\C/C=C\C/C=C\C/C=C\C/C=C\CC. The minimum Gasteiger partial charge on any atom is -0.462 e. The fraction of sp³-hybridized carbons (Fsp3) is 0.649. The number of rotatable bonds is 61. The minimum atomic E-state index is -0.815. The Morgan fingerprint density at radius 2 is 0.470 bits per heavy atom. The van der Waals surface area contributed by atoms with Gasteiger partial charge in [0.1, 0.15) is 13.2 Å². The molecule has 0 aliphatic rings. The Balaban J connectivity index is 4.50. The first kappa shape index (κ1) is 78.3. The molecule has 0 aliphatic carbocycles. The van der Waals surface area contributed by atoms with Crippen molar-refractivity contribution < 1.29 is 28.6 Å². The summed E-state index contributed by atoms with van der Waals surface area (Å²) < 4.78 is 16.9. The van der Waals surface area contributed by atoms with E-state index in [1.165, 1.54) is 116 Å². The van der Waals surface area contributed by atoms with Crippen molar-refractivity contribution in [1.82, 2.24) is 0 Å². The number of allylic oxidation sites excluding steroid dienone is 24. The molecule has 0 rings (SSSR count). The van der Waals surface area contributed by atoms with Crippen LogP contribution in [0.1, 0.15) is 303 Å². The Bertz CT molecular complexity index is 1800. The average Bonchev–Trinajstić information content (AvgIpc) is 3.50. The van der Waals surface area contributed by atoms with Crippen LogP contribution in [0.3, 0.4) is 0 Å². The number of hydrogen-bond donors (Lipinski definition) is 0. The lowest BCUT2D eigenvalue weighted by Crippen LogP contribution is -2.30. The molecule has 0 fully saturated rings. The van der Waals surface area contributed by atoms with Crippen LogP contribution in [0, 0.1) is 0 Å². The maximum Gasteiger partial charge on any atom is 0.306 e. The zero-order valence-corrected chi connectivity index (χ0v) is 53.9. The number of hydrogen-bond acceptors (Lipinski definition) is 6. The Morgan fingerprint density at radius 3 is 0.759 bits per heavy atom. The zero-order valence-electron chi connectivity index (χ0n) is 53.9. The van der Waals surface area contributed by atoms with Gasteiger partial charge in [-0.15, -0.1) is 0 Å². The molecule has 0 heterocycles. The molecular weight excluding hydrogens is 1020 g/mol. The Labute approximate surface area is 512 Å². The van der Waals surface area contributed by atoms with Crippen molar-refractivity contribution in [3.05, 3.63) is 146 Å². The lowest BCUT2D eigenvalue weighted by molar-refractivity contribution is -0.167. The summed E-state index contributed by atoms with van der Waals surface area (Å²) in [5, 5.41) is 0. The van der Waals surface area contributed by atoms with E-state index in [0.29, 0.717) is 19.3 Å². The van der Waals surface area contributed by atoms with Gasteiger partial charge in [0.2, 0.25) is 0 Å². The maximum absolute atomic E-state index is 12.9. The minimum absolute atomic E-state index is 0.103. The largest absolute Gasteiger partial charge is 0.462 e. The van der Waals surface area contributed by atoms with Crippen LogP contribution in [0.25, 0.3) is 0 Å². The molecule has 0 aromatic rings. The summed E-state index contributed by atoms with van der Waals surface area (Å²) >= 11 is 0. The van der Waals surface area contributed by atoms with Gasteiger partial charge in [-0.05, 0) is 122 Å². The fourth-order valence-electron chi connectivity index (χ4n) is 9.27. The Hall–Kier alpha value is -4.71. The Kier molecular flexibility index (Phi) is 65.8. The molecule has 6 heteroatoms. The van der Waals surface area contributed by atoms with E-state index in [1.54, 1.807) is 0 Å². The van der Waals surface area contributed by atoms with Crippen molar-refractivity contribution in [2.45, 2.75) is 309 Å². The predicted octanol–water partition coefficient (Wildman–Crippen LogP) is 23.9. The zero-order chi connectivity index (χ0) is 59.9. The maximum atomic E-state index is 12.9. The summed E-state index contributed by atoms with van der Waals surface area (Å²) in [6, 6.07) is 0. The van der Waals surface area contributed by atoms with E-state index in [1.807, 2.05) is 0 Å². The first-order valence-corrected chi connectivity index (χ1v) is 34.3. The van der Waals surface area contributed by atoms with Gasteiger partial charge in [0, 0.05) is 19.3 Å². The third kappa shape index (κ3) is 68.0. The topological polar surface area (TPSA) is 78.9 Å². The summed E-state index contributed by atoms with van der Waals surface area (Å²) in [7, 11) is 0. The third-order valence-corrected chi connectivity index (χ3v) is 14.3. The molecule has 0 amide bonds. The van der Waals surface area contributed by atoms with Gasteiger partial charge in [0.15, 0.2) is 6.10 Å². The second kappa shape index (κ2) is 69.8. The Morgan fingerprint density at radius 1 is 0.253 bits per heavy atom. The highest BCUT2D eigenvalue weighted by molar-refractivity contribution is 5.71. The third-order valence-electron chi connectivity index (χ3n) is 14.3. The molecule has 0 aromatic carbocycles. The van der Waals surface area contributed by atoms with Gasteiger partial charge in [-0.2, -0.15) is 0 Å². The van der Waals surface area contributed by atoms with Crippen molar-refractivity contribution in [2.24, 2.45) is 0 Å². The molecule has 1 unspecified atom stereocenters. The molecule has 0 aromatic heterocycles. The number of ether oxygens (including phenoxy) is 3. The normalized spacial score (nSPS) is 13.0. The van der Waals surface area contributed by atoms with E-state index in [2.05, 4.69) is 167 Å². The van der Waals surface area contributed by atoms with E-state index in [0.717, 1.165) is 141 Å². The van der Waals surface area contributed by atoms with Gasteiger partial charge in [0.25, 0.3) is 0 Å². The van der Waals surface area contributed by atoms with E-state index in [9.17, 15) is 14.4 Å². The molecule has 0 saturated heterocycles. The highest BCUT2D eigenvalue weighted by Crippen LogP contribution is 2.16. The van der Waals surface area contributed by atoms with Gasteiger partial charge in [-0.1, -0.05) is 308 Å². The molecule has 0 aliphatic heterocycles. The van der Waals surface area contributed by atoms with Crippen molar-refractivity contribution in [3.8, 4) is 0 Å². The van der Waals surface area contributed by atoms with E-state index >= 15 is 0 Å². The lowest BCUT2D eigenvalue weighted by atomic mass is 10.0. The summed E-state index contributed by atoms with van der Waals surface area (Å²) in [5.74, 6) is -0.956. The van der Waals surface area contributed by atoms with Gasteiger partial charge in [0.05, 0.1) is 0 Å². The first-order valence-electron chi connectivity index (χ1n) is 34.3. The van der Waals surface area contributed by atoms with Gasteiger partial charge in [-0.25, -0.2) is 0 Å². The van der Waals surface area contributed by atoms with Gasteiger partial charge < -0.3 is 14.2 Å². The van der Waals surface area contributed by atoms with Crippen LogP contribution in [0.2, 0.25) is 0 Å². The number of carbonyl (C=O) groups excluding carboxylic acids is 3. The van der Waals surface area contributed by atoms with Crippen LogP contribution >= 0.6 is 0 Å². The molecule has 0 spiro atoms. The summed E-state index contributed by atoms with van der Waals surface area (Å²) in [4.78, 5) is 38.5. The molecular formula is C77H126O6. The molecule has 83 heavy (non-hydrogen) atoms. The summed E-state index contributed by atoms with van der Waals surface area (Å²) in [6.45, 7) is 6.39. The highest BCUT2D eigenvalue weighted by Gasteiger charge is 2.19. The predicted molar refractivity (Wildman–Crippen MR) is 362 cm³/mol. The van der Waals surface area contributed by atoms with Crippen LogP contribution in [0.5, 0.6) is 0 Å². The van der Waals surface area contributed by atoms with Gasteiger partial charge in [-0.3, -0.25) is 14.4 Å². The summed E-state index contributed by atoms with van der Waals surface area (Å²) in [6.07, 6.45) is 100. The van der Waals surface area contributed by atoms with Crippen LogP contribution in [-0.4, -0.2) is 37.2 Å². The molecule has 470 valence electrons. The van der Waals surface area contributed by atoms with E-state index in [4.69, 9.17) is 14.2 Å². The first-order chi connectivity index (χ1) is 41.0. The van der Waals surface area contributed by atoms with Crippen molar-refractivity contribution in [3.63, 3.8) is 0 Å². The quantitative estimate of drug-likeness (QED) is 0.0261. The van der Waals surface area contributed by atoms with Crippen LogP contribution in [-0.2, 0) is 28.6 Å². The fourth-order valence-corrected chi connectivity index (χ4v) is 9.27. The smallest absolute Gasteiger partial charge is 0.306 e. The second-order valence-electron chi connectivity index (χ2n) is 22.3. The van der Waals surface area contributed by atoms with Crippen molar-refractivity contribution >= 4 is 17.9 Å². The molecule has 0 saturated carbocycles. The average molecular weight is 1150 g/mol. The van der Waals surface area contributed by atoms with Crippen LogP contribution < -0.4 is 0 Å². The molecule has 6 nitrogen and oxygen atoms in total. The lowest BCUT2D eigenvalue weighted by Gasteiger charge is -2.18. The molecule has 0 bridgehead atoms. The highest BCUT2D eigenvalue weighted by atomic mass is 16.6. The van der Waals surface area contributed by atoms with Crippen LogP contribution in [0.15, 0.2) is 146 Å². The standard InChI is InChI=1S/C77H126O6/c1-4-7-10-13-16-19-22-25-28-31-34-36-37-38-39-41-43-46-49-52-55-58-61-64-67-70-76(79)82-73-74(72-81-75(78)69-66-63-60-57-54-51-48-45-42-33-30-27-24-21-18-15-12-9-6-3)83-77(80)71-68-65-62-59-56-53-50-47-44-40-35-32-29-26-23-20-17-14-11-8-5-2/h7-8,10-11,16-17,19-20,25-26,28-29,34-36,38-40,43,46-47,50,56,59,74H,4-6,9,12-15,18,21-24,27,30-33,37,41-42,44-45,48-49,51-55,57-58,60-73H2,1-3H3/b10-7-,11-8-,19-16-,20-17-,28-25-,29-26-,36-34-,39-38-,40-35-,46-43-,50-47-,59-56-. The second-order valence-corrected chi connectivity index (χ2v) is 22.3. The number of unbranched alkanes of at least 4 members (excludes halogenated alkanes) is 26. The number of carbonyl (C=O) groups is 3. The van der Waals surface area contributed by atoms with E-state index < -0.39 is 6.10 Å². The molecule has 0 N–H and O–H groups in total. The monoisotopic (exact) mass is 1150 g/mol. The summed E-state index contributed by atoms with van der Waals surface area (Å²) in [5.41, 5.74) is 0. The van der Waals surface area contributed by atoms with Crippen molar-refractivity contribution in [1.29, 1.82) is 0 Å². The number of esters is 3. The van der Waals surface area contributed by atoms with Crippen LogP contribution in [0.4, 0.5) is 0 Å². The van der Waals surface area contributed by atoms with Crippen molar-refractivity contribution in [2.75, 3.05) is 13.2 Å². The van der Waals surface area contributed by atoms with E-state index in [-0.39, 0.29) is 37.5 Å². The molecule has 1 atom stereocenters.